The van der Waals surface area contributed by atoms with Gasteiger partial charge in [0, 0.05) is 19.0 Å². The van der Waals surface area contributed by atoms with E-state index in [0.717, 1.165) is 32.1 Å². The van der Waals surface area contributed by atoms with E-state index in [9.17, 15) is 14.4 Å². The highest BCUT2D eigenvalue weighted by Gasteiger charge is 2.45. The average Bonchev–Trinajstić information content (AvgIpc) is 3.22. The Kier molecular flexibility index (Phi) is 5.77. The monoisotopic (exact) mass is 376 g/mol. The lowest BCUT2D eigenvalue weighted by molar-refractivity contribution is -0.124. The van der Waals surface area contributed by atoms with Gasteiger partial charge in [-0.05, 0) is 43.4 Å². The van der Waals surface area contributed by atoms with Crippen LogP contribution in [-0.4, -0.2) is 22.0 Å². The predicted molar refractivity (Wildman–Crippen MR) is 107 cm³/mol. The SMILES string of the molecule is CCCCn1c(N)c(N(CC(C)C)C(=O)C2CC3CCC2C3)c(=O)[nH]c1=O. The molecule has 3 N–H and O–H groups in total. The second-order valence-corrected chi connectivity index (χ2v) is 8.62. The number of anilines is 2. The van der Waals surface area contributed by atoms with Crippen LogP contribution in [-0.2, 0) is 11.3 Å². The number of aromatic amines is 1. The molecule has 1 heterocycles. The van der Waals surface area contributed by atoms with Crippen molar-refractivity contribution in [3.63, 3.8) is 0 Å². The molecule has 2 aliphatic rings. The maximum Gasteiger partial charge on any atom is 0.330 e. The first-order valence-corrected chi connectivity index (χ1v) is 10.3. The van der Waals surface area contributed by atoms with Crippen molar-refractivity contribution in [2.75, 3.05) is 17.2 Å². The molecule has 0 radical (unpaired) electrons. The molecule has 3 unspecified atom stereocenters. The summed E-state index contributed by atoms with van der Waals surface area (Å²) in [6, 6.07) is 0. The van der Waals surface area contributed by atoms with Crippen LogP contribution in [0.25, 0.3) is 0 Å². The van der Waals surface area contributed by atoms with Gasteiger partial charge in [-0.25, -0.2) is 4.79 Å². The molecule has 2 fully saturated rings. The summed E-state index contributed by atoms with van der Waals surface area (Å²) in [6.07, 6.45) is 6.01. The van der Waals surface area contributed by atoms with Crippen LogP contribution in [0.5, 0.6) is 0 Å². The maximum atomic E-state index is 13.4. The van der Waals surface area contributed by atoms with Gasteiger partial charge in [0.25, 0.3) is 5.56 Å². The first-order chi connectivity index (χ1) is 12.8. The van der Waals surface area contributed by atoms with Crippen LogP contribution in [0.1, 0.15) is 59.3 Å². The molecule has 150 valence electrons. The molecule has 0 aliphatic heterocycles. The number of hydrogen-bond donors (Lipinski definition) is 2. The summed E-state index contributed by atoms with van der Waals surface area (Å²) in [6.45, 7) is 6.91. The number of rotatable bonds is 7. The fourth-order valence-corrected chi connectivity index (χ4v) is 4.78. The highest BCUT2D eigenvalue weighted by Crippen LogP contribution is 2.49. The fourth-order valence-electron chi connectivity index (χ4n) is 4.78. The minimum atomic E-state index is -0.567. The molecule has 2 bridgehead atoms. The van der Waals surface area contributed by atoms with Crippen LogP contribution in [0.2, 0.25) is 0 Å². The lowest BCUT2D eigenvalue weighted by Crippen LogP contribution is -2.45. The van der Waals surface area contributed by atoms with Crippen molar-refractivity contribution >= 4 is 17.4 Å². The van der Waals surface area contributed by atoms with Crippen LogP contribution in [0.3, 0.4) is 0 Å². The standard InChI is InChI=1S/C20H32N4O3/c1-4-5-8-23-17(21)16(18(25)22-20(23)27)24(11-12(2)3)19(26)15-10-13-6-7-14(15)9-13/h12-15H,4-11,21H2,1-3H3,(H,22,25,27). The zero-order chi connectivity index (χ0) is 19.7. The smallest absolute Gasteiger partial charge is 0.330 e. The first-order valence-electron chi connectivity index (χ1n) is 10.3. The largest absolute Gasteiger partial charge is 0.383 e. The number of aromatic nitrogens is 2. The zero-order valence-corrected chi connectivity index (χ0v) is 16.7. The van der Waals surface area contributed by atoms with E-state index in [0.29, 0.717) is 24.9 Å². The number of hydrogen-bond acceptors (Lipinski definition) is 4. The topological polar surface area (TPSA) is 101 Å². The van der Waals surface area contributed by atoms with Gasteiger partial charge in [-0.2, -0.15) is 0 Å². The van der Waals surface area contributed by atoms with Crippen molar-refractivity contribution in [2.45, 2.75) is 65.8 Å². The fraction of sp³-hybridized carbons (Fsp3) is 0.750. The van der Waals surface area contributed by atoms with Gasteiger partial charge in [0.2, 0.25) is 5.91 Å². The summed E-state index contributed by atoms with van der Waals surface area (Å²) >= 11 is 0. The van der Waals surface area contributed by atoms with Crippen molar-refractivity contribution in [1.29, 1.82) is 0 Å². The van der Waals surface area contributed by atoms with Crippen LogP contribution >= 0.6 is 0 Å². The molecule has 2 saturated carbocycles. The van der Waals surface area contributed by atoms with Crippen LogP contribution < -0.4 is 21.9 Å². The number of H-pyrrole nitrogens is 1. The van der Waals surface area contributed by atoms with Crippen molar-refractivity contribution in [2.24, 2.45) is 23.7 Å². The van der Waals surface area contributed by atoms with E-state index in [2.05, 4.69) is 4.98 Å². The molecule has 2 aliphatic carbocycles. The number of nitrogens with two attached hydrogens (primary N) is 1. The molecule has 1 aromatic rings. The third-order valence-electron chi connectivity index (χ3n) is 6.09. The second-order valence-electron chi connectivity index (χ2n) is 8.62. The molecular formula is C20H32N4O3. The lowest BCUT2D eigenvalue weighted by atomic mass is 9.87. The number of carbonyl (C=O) groups excluding carboxylic acids is 1. The minimum Gasteiger partial charge on any atom is -0.383 e. The number of amides is 1. The van der Waals surface area contributed by atoms with E-state index in [1.807, 2.05) is 20.8 Å². The van der Waals surface area contributed by atoms with Gasteiger partial charge >= 0.3 is 5.69 Å². The Morgan fingerprint density at radius 3 is 2.59 bits per heavy atom. The summed E-state index contributed by atoms with van der Waals surface area (Å²) in [4.78, 5) is 42.2. The molecule has 3 atom stereocenters. The highest BCUT2D eigenvalue weighted by molar-refractivity contribution is 5.97. The van der Waals surface area contributed by atoms with Gasteiger partial charge in [0.1, 0.15) is 5.82 Å². The second kappa shape index (κ2) is 7.90. The summed E-state index contributed by atoms with van der Waals surface area (Å²) in [5.74, 6) is 1.31. The molecule has 27 heavy (non-hydrogen) atoms. The van der Waals surface area contributed by atoms with Gasteiger partial charge in [0.05, 0.1) is 0 Å². The van der Waals surface area contributed by atoms with Crippen LogP contribution in [0.4, 0.5) is 11.5 Å². The number of carbonyl (C=O) groups is 1. The zero-order valence-electron chi connectivity index (χ0n) is 16.7. The van der Waals surface area contributed by atoms with E-state index in [-0.39, 0.29) is 29.2 Å². The first kappa shape index (κ1) is 19.7. The van der Waals surface area contributed by atoms with Gasteiger partial charge < -0.3 is 10.6 Å². The third kappa shape index (κ3) is 3.82. The van der Waals surface area contributed by atoms with Gasteiger partial charge in [-0.15, -0.1) is 0 Å². The molecule has 7 heteroatoms. The molecule has 7 nitrogen and oxygen atoms in total. The van der Waals surface area contributed by atoms with Crippen LogP contribution in [0, 0.1) is 23.7 Å². The number of unbranched alkanes of at least 4 members (excludes halogenated alkanes) is 1. The third-order valence-corrected chi connectivity index (χ3v) is 6.09. The number of nitrogens with one attached hydrogen (secondary N) is 1. The Bertz CT molecular complexity index is 810. The summed E-state index contributed by atoms with van der Waals surface area (Å²) < 4.78 is 1.39. The number of fused-ring (bicyclic) bond motifs is 2. The number of nitrogens with zero attached hydrogens (tertiary/aromatic N) is 2. The molecule has 0 aromatic carbocycles. The Morgan fingerprint density at radius 1 is 1.30 bits per heavy atom. The van der Waals surface area contributed by atoms with Crippen LogP contribution in [0.15, 0.2) is 9.59 Å². The Hall–Kier alpha value is -2.05. The van der Waals surface area contributed by atoms with E-state index in [4.69, 9.17) is 5.73 Å². The van der Waals surface area contributed by atoms with Crippen molar-refractivity contribution < 1.29 is 4.79 Å². The molecule has 3 rings (SSSR count). The average molecular weight is 377 g/mol. The lowest BCUT2D eigenvalue weighted by Gasteiger charge is -2.31. The minimum absolute atomic E-state index is 0.00575. The van der Waals surface area contributed by atoms with Gasteiger partial charge in [-0.1, -0.05) is 33.6 Å². The molecule has 1 amide bonds. The van der Waals surface area contributed by atoms with Crippen molar-refractivity contribution in [1.82, 2.24) is 9.55 Å². The quantitative estimate of drug-likeness (QED) is 0.762. The summed E-state index contributed by atoms with van der Waals surface area (Å²) in [5, 5.41) is 0. The summed E-state index contributed by atoms with van der Waals surface area (Å²) in [5.41, 5.74) is 5.33. The highest BCUT2D eigenvalue weighted by atomic mass is 16.2. The van der Waals surface area contributed by atoms with E-state index >= 15 is 0 Å². The normalized spacial score (nSPS) is 23.9. The van der Waals surface area contributed by atoms with E-state index in [1.165, 1.54) is 11.0 Å². The van der Waals surface area contributed by atoms with Gasteiger partial charge in [-0.3, -0.25) is 19.1 Å². The Labute approximate surface area is 159 Å². The Balaban J connectivity index is 2.01. The van der Waals surface area contributed by atoms with Gasteiger partial charge in [0.15, 0.2) is 5.69 Å². The Morgan fingerprint density at radius 2 is 2.04 bits per heavy atom. The molecule has 1 aromatic heterocycles. The number of nitrogen functional groups attached to an aromatic ring is 1. The molecular weight excluding hydrogens is 344 g/mol. The van der Waals surface area contributed by atoms with E-state index in [1.54, 1.807) is 4.90 Å². The maximum absolute atomic E-state index is 13.4. The predicted octanol–water partition coefficient (Wildman–Crippen LogP) is 2.34. The molecule has 0 saturated heterocycles. The van der Waals surface area contributed by atoms with E-state index < -0.39 is 11.2 Å². The summed E-state index contributed by atoms with van der Waals surface area (Å²) in [7, 11) is 0. The van der Waals surface area contributed by atoms with Crippen molar-refractivity contribution in [3.8, 4) is 0 Å². The molecule has 0 spiro atoms. The van der Waals surface area contributed by atoms with Crippen molar-refractivity contribution in [3.05, 3.63) is 20.8 Å².